The zero-order valence-corrected chi connectivity index (χ0v) is 19.1. The number of hydrogen-bond acceptors (Lipinski definition) is 7. The fraction of sp³-hybridized carbons (Fsp3) is 0.522. The standard InChI is InChI=1S/C23H34N6O2/c1-14(2)15-9-16(23(3,4)31-5)11-18(10-15)27-21-19(20(25)30)12-26-22(28-21)29-8-6-7-17(24)13-29/h9-12,14,17H,6-8,13,24H2,1-5H3,(H2,25,30)(H,26,27,28)/t17-/m0/s1. The highest BCUT2D eigenvalue weighted by atomic mass is 16.5. The van der Waals surface area contributed by atoms with Crippen molar-refractivity contribution in [2.75, 3.05) is 30.4 Å². The molecule has 0 radical (unpaired) electrons. The van der Waals surface area contributed by atoms with Crippen LogP contribution in [0.5, 0.6) is 0 Å². The summed E-state index contributed by atoms with van der Waals surface area (Å²) >= 11 is 0. The van der Waals surface area contributed by atoms with E-state index in [1.807, 2.05) is 24.8 Å². The average molecular weight is 427 g/mol. The lowest BCUT2D eigenvalue weighted by atomic mass is 9.92. The molecule has 0 unspecified atom stereocenters. The zero-order valence-electron chi connectivity index (χ0n) is 19.1. The van der Waals surface area contributed by atoms with E-state index in [-0.39, 0.29) is 11.6 Å². The number of hydrogen-bond donors (Lipinski definition) is 3. The van der Waals surface area contributed by atoms with Crippen LogP contribution < -0.4 is 21.7 Å². The molecule has 5 N–H and O–H groups in total. The first-order chi connectivity index (χ1) is 14.6. The van der Waals surface area contributed by atoms with Crippen LogP contribution in [0, 0.1) is 0 Å². The molecule has 0 aliphatic carbocycles. The molecule has 2 aromatic rings. The number of anilines is 3. The van der Waals surface area contributed by atoms with Crippen LogP contribution in [0.4, 0.5) is 17.5 Å². The second kappa shape index (κ2) is 9.20. The number of ether oxygens (including phenoxy) is 1. The number of benzene rings is 1. The largest absolute Gasteiger partial charge is 0.374 e. The van der Waals surface area contributed by atoms with Gasteiger partial charge in [0.05, 0.1) is 5.60 Å². The summed E-state index contributed by atoms with van der Waals surface area (Å²) in [6.45, 7) is 9.84. The number of methoxy groups -OCH3 is 1. The van der Waals surface area contributed by atoms with Crippen LogP contribution in [-0.2, 0) is 10.3 Å². The van der Waals surface area contributed by atoms with Crippen molar-refractivity contribution in [3.05, 3.63) is 41.1 Å². The third-order valence-corrected chi connectivity index (χ3v) is 5.87. The van der Waals surface area contributed by atoms with Gasteiger partial charge in [0, 0.05) is 38.1 Å². The van der Waals surface area contributed by atoms with Crippen LogP contribution >= 0.6 is 0 Å². The monoisotopic (exact) mass is 426 g/mol. The van der Waals surface area contributed by atoms with E-state index < -0.39 is 11.5 Å². The minimum atomic E-state index is -0.582. The van der Waals surface area contributed by atoms with Crippen LogP contribution in [0.2, 0.25) is 0 Å². The van der Waals surface area contributed by atoms with Gasteiger partial charge < -0.3 is 26.4 Å². The number of nitrogens with two attached hydrogens (primary N) is 2. The number of carbonyl (C=O) groups is 1. The summed E-state index contributed by atoms with van der Waals surface area (Å²) in [7, 11) is 1.69. The van der Waals surface area contributed by atoms with Crippen LogP contribution in [-0.4, -0.2) is 42.1 Å². The molecule has 1 saturated heterocycles. The first-order valence-electron chi connectivity index (χ1n) is 10.8. The van der Waals surface area contributed by atoms with Crippen LogP contribution in [0.25, 0.3) is 0 Å². The molecule has 1 aromatic carbocycles. The third kappa shape index (κ3) is 5.32. The van der Waals surface area contributed by atoms with Crippen molar-refractivity contribution in [3.8, 4) is 0 Å². The van der Waals surface area contributed by atoms with Crippen LogP contribution in [0.3, 0.4) is 0 Å². The van der Waals surface area contributed by atoms with Gasteiger partial charge in [-0.25, -0.2) is 4.98 Å². The highest BCUT2D eigenvalue weighted by Gasteiger charge is 2.23. The fourth-order valence-corrected chi connectivity index (χ4v) is 3.65. The van der Waals surface area contributed by atoms with Crippen molar-refractivity contribution in [3.63, 3.8) is 0 Å². The highest BCUT2D eigenvalue weighted by molar-refractivity contribution is 5.98. The Hall–Kier alpha value is -2.71. The Kier molecular flexibility index (Phi) is 6.81. The van der Waals surface area contributed by atoms with E-state index in [1.165, 1.54) is 6.20 Å². The molecule has 8 heteroatoms. The quantitative estimate of drug-likeness (QED) is 0.621. The minimum absolute atomic E-state index is 0.0890. The Balaban J connectivity index is 2.02. The van der Waals surface area contributed by atoms with E-state index in [0.717, 1.165) is 36.2 Å². The molecule has 1 atom stereocenters. The predicted molar refractivity (Wildman–Crippen MR) is 124 cm³/mol. The SMILES string of the molecule is COC(C)(C)c1cc(Nc2nc(N3CCC[C@H](N)C3)ncc2C(N)=O)cc(C(C)C)c1. The molecule has 1 aliphatic heterocycles. The Morgan fingerprint density at radius 2 is 2.06 bits per heavy atom. The molecular formula is C23H34N6O2. The summed E-state index contributed by atoms with van der Waals surface area (Å²) in [5, 5.41) is 3.31. The predicted octanol–water partition coefficient (Wildman–Crippen LogP) is 3.25. The van der Waals surface area contributed by atoms with E-state index in [4.69, 9.17) is 16.2 Å². The summed E-state index contributed by atoms with van der Waals surface area (Å²) in [4.78, 5) is 23.1. The van der Waals surface area contributed by atoms with Gasteiger partial charge in [0.1, 0.15) is 11.4 Å². The first-order valence-corrected chi connectivity index (χ1v) is 10.8. The van der Waals surface area contributed by atoms with Gasteiger partial charge >= 0.3 is 0 Å². The van der Waals surface area contributed by atoms with Crippen molar-refractivity contribution in [1.29, 1.82) is 0 Å². The lowest BCUT2D eigenvalue weighted by Gasteiger charge is -2.31. The summed E-state index contributed by atoms with van der Waals surface area (Å²) in [6.07, 6.45) is 3.46. The summed E-state index contributed by atoms with van der Waals surface area (Å²) in [5.41, 5.74) is 14.5. The molecule has 2 heterocycles. The fourth-order valence-electron chi connectivity index (χ4n) is 3.65. The van der Waals surface area contributed by atoms with Gasteiger partial charge in [-0.1, -0.05) is 19.9 Å². The molecule has 8 nitrogen and oxygen atoms in total. The maximum absolute atomic E-state index is 12.0. The molecule has 1 fully saturated rings. The van der Waals surface area contributed by atoms with Crippen LogP contribution in [0.1, 0.15) is 67.9 Å². The van der Waals surface area contributed by atoms with E-state index in [2.05, 4.69) is 41.3 Å². The van der Waals surface area contributed by atoms with Crippen molar-refractivity contribution < 1.29 is 9.53 Å². The molecule has 0 saturated carbocycles. The second-order valence-corrected chi connectivity index (χ2v) is 8.98. The third-order valence-electron chi connectivity index (χ3n) is 5.87. The smallest absolute Gasteiger partial charge is 0.254 e. The first kappa shape index (κ1) is 23.0. The van der Waals surface area contributed by atoms with E-state index in [1.54, 1.807) is 7.11 Å². The number of piperidine rings is 1. The molecule has 1 aromatic heterocycles. The molecule has 31 heavy (non-hydrogen) atoms. The van der Waals surface area contributed by atoms with Crippen molar-refractivity contribution in [2.24, 2.45) is 11.5 Å². The molecule has 0 spiro atoms. The van der Waals surface area contributed by atoms with Gasteiger partial charge in [-0.3, -0.25) is 4.79 Å². The lowest BCUT2D eigenvalue weighted by molar-refractivity contribution is 0.0192. The molecule has 1 aliphatic rings. The second-order valence-electron chi connectivity index (χ2n) is 8.98. The molecule has 3 rings (SSSR count). The topological polar surface area (TPSA) is 119 Å². The number of carbonyl (C=O) groups excluding carboxylic acids is 1. The number of nitrogens with one attached hydrogen (secondary N) is 1. The van der Waals surface area contributed by atoms with Gasteiger partial charge in [-0.05, 0) is 55.9 Å². The minimum Gasteiger partial charge on any atom is -0.374 e. The van der Waals surface area contributed by atoms with Gasteiger partial charge in [0.15, 0.2) is 0 Å². The normalized spacial score (nSPS) is 17.1. The average Bonchev–Trinajstić information content (AvgIpc) is 2.73. The number of amides is 1. The van der Waals surface area contributed by atoms with E-state index in [0.29, 0.717) is 24.2 Å². The summed E-state index contributed by atoms with van der Waals surface area (Å²) < 4.78 is 5.69. The summed E-state index contributed by atoms with van der Waals surface area (Å²) in [6, 6.07) is 6.31. The molecular weight excluding hydrogens is 392 g/mol. The van der Waals surface area contributed by atoms with Gasteiger partial charge in [-0.15, -0.1) is 0 Å². The maximum atomic E-state index is 12.0. The van der Waals surface area contributed by atoms with Crippen molar-refractivity contribution in [2.45, 2.75) is 58.1 Å². The maximum Gasteiger partial charge on any atom is 0.254 e. The highest BCUT2D eigenvalue weighted by Crippen LogP contribution is 2.32. The Morgan fingerprint density at radius 3 is 2.68 bits per heavy atom. The number of nitrogens with zero attached hydrogens (tertiary/aromatic N) is 3. The van der Waals surface area contributed by atoms with Gasteiger partial charge in [-0.2, -0.15) is 4.98 Å². The molecule has 0 bridgehead atoms. The molecule has 1 amide bonds. The Morgan fingerprint density at radius 1 is 1.32 bits per heavy atom. The Bertz CT molecular complexity index is 944. The number of rotatable bonds is 7. The number of aromatic nitrogens is 2. The molecule has 168 valence electrons. The van der Waals surface area contributed by atoms with Crippen LogP contribution in [0.15, 0.2) is 24.4 Å². The van der Waals surface area contributed by atoms with E-state index in [9.17, 15) is 4.79 Å². The van der Waals surface area contributed by atoms with Crippen molar-refractivity contribution in [1.82, 2.24) is 9.97 Å². The van der Waals surface area contributed by atoms with Gasteiger partial charge in [0.25, 0.3) is 5.91 Å². The lowest BCUT2D eigenvalue weighted by Crippen LogP contribution is -2.43. The zero-order chi connectivity index (χ0) is 22.8. The Labute approximate surface area is 184 Å². The van der Waals surface area contributed by atoms with E-state index >= 15 is 0 Å². The van der Waals surface area contributed by atoms with Crippen molar-refractivity contribution >= 4 is 23.4 Å². The van der Waals surface area contributed by atoms with Gasteiger partial charge in [0.2, 0.25) is 5.95 Å². The summed E-state index contributed by atoms with van der Waals surface area (Å²) in [5.74, 6) is 0.667. The number of primary amides is 1.